The third kappa shape index (κ3) is 9.23. The smallest absolute Gasteiger partial charge is 0.407 e. The minimum atomic E-state index is -1.46. The Morgan fingerprint density at radius 3 is 1.37 bits per heavy atom. The zero-order valence-electron chi connectivity index (χ0n) is 28.4. The van der Waals surface area contributed by atoms with E-state index < -0.39 is 22.9 Å². The predicted octanol–water partition coefficient (Wildman–Crippen LogP) is 7.42. The van der Waals surface area contributed by atoms with Gasteiger partial charge in [-0.05, 0) is 78.4 Å². The molecule has 2 atom stereocenters. The second-order valence-corrected chi connectivity index (χ2v) is 13.8. The van der Waals surface area contributed by atoms with E-state index in [1.807, 2.05) is 54.7 Å². The van der Waals surface area contributed by atoms with E-state index in [-0.39, 0.29) is 13.1 Å². The Bertz CT molecular complexity index is 1980. The summed E-state index contributed by atoms with van der Waals surface area (Å²) >= 11 is 11.9. The van der Waals surface area contributed by atoms with E-state index >= 15 is 0 Å². The van der Waals surface area contributed by atoms with Gasteiger partial charge in [-0.2, -0.15) is 10.2 Å². The molecule has 0 aliphatic heterocycles. The van der Waals surface area contributed by atoms with Gasteiger partial charge < -0.3 is 26.0 Å². The van der Waals surface area contributed by atoms with Gasteiger partial charge in [0.1, 0.15) is 16.8 Å². The van der Waals surface area contributed by atoms with Crippen LogP contribution < -0.4 is 11.1 Å². The highest BCUT2D eigenvalue weighted by molar-refractivity contribution is 6.30. The maximum Gasteiger partial charge on any atom is 0.407 e. The Labute approximate surface area is 306 Å². The first kappa shape index (κ1) is 37.3. The number of amides is 1. The average molecular weight is 728 g/mol. The van der Waals surface area contributed by atoms with Crippen LogP contribution >= 0.6 is 23.2 Å². The number of carbonyl (C=O) groups is 1. The molecule has 6 rings (SSSR count). The molecule has 10 nitrogen and oxygen atoms in total. The predicted molar refractivity (Wildman–Crippen MR) is 200 cm³/mol. The van der Waals surface area contributed by atoms with Gasteiger partial charge in [-0.15, -0.1) is 0 Å². The molecular weight excluding hydrogens is 687 g/mol. The lowest BCUT2D eigenvalue weighted by Gasteiger charge is -2.30. The number of alkyl carbamates (subject to hydrolysis) is 1. The SMILES string of the molecule is CC(C)(C)OC(=O)NCC(O)(c1ccc(Cl)cc1)c1ccc(-c2cn[nH]c2)cc1.NCC(O)(c1ccc(Cl)cc1)c1ccc(-c2cn[nH]c2)cc1. The van der Waals surface area contributed by atoms with Crippen molar-refractivity contribution in [1.29, 1.82) is 0 Å². The summed E-state index contributed by atoms with van der Waals surface area (Å²) in [5.41, 5.74) is 9.13. The molecule has 0 aliphatic rings. The number of nitrogens with one attached hydrogen (secondary N) is 3. The van der Waals surface area contributed by atoms with Gasteiger partial charge in [-0.25, -0.2) is 4.79 Å². The number of rotatable bonds is 9. The number of halogens is 2. The number of carbonyl (C=O) groups excluding carboxylic acids is 1. The van der Waals surface area contributed by atoms with E-state index in [9.17, 15) is 15.0 Å². The highest BCUT2D eigenvalue weighted by atomic mass is 35.5. The zero-order chi connectivity index (χ0) is 36.6. The van der Waals surface area contributed by atoms with Crippen LogP contribution in [0.25, 0.3) is 22.3 Å². The number of hydrogen-bond donors (Lipinski definition) is 6. The van der Waals surface area contributed by atoms with Gasteiger partial charge in [0.25, 0.3) is 0 Å². The molecule has 51 heavy (non-hydrogen) atoms. The van der Waals surface area contributed by atoms with Crippen molar-refractivity contribution in [2.75, 3.05) is 13.1 Å². The zero-order valence-corrected chi connectivity index (χ0v) is 29.9. The number of nitrogens with two attached hydrogens (primary N) is 1. The molecule has 0 saturated heterocycles. The first-order valence-corrected chi connectivity index (χ1v) is 16.9. The number of H-pyrrole nitrogens is 2. The quantitative estimate of drug-likeness (QED) is 0.0904. The molecular formula is C39H40Cl2N6O4. The molecule has 0 radical (unpaired) electrons. The summed E-state index contributed by atoms with van der Waals surface area (Å²) in [7, 11) is 0. The molecule has 2 unspecified atom stereocenters. The third-order valence-corrected chi connectivity index (χ3v) is 8.72. The van der Waals surface area contributed by atoms with Gasteiger partial charge in [0.2, 0.25) is 0 Å². The summed E-state index contributed by atoms with van der Waals surface area (Å²) in [6, 6.07) is 29.1. The van der Waals surface area contributed by atoms with Crippen LogP contribution in [0.5, 0.6) is 0 Å². The topological polar surface area (TPSA) is 162 Å². The lowest BCUT2D eigenvalue weighted by Crippen LogP contribution is -2.43. The van der Waals surface area contributed by atoms with Gasteiger partial charge in [0, 0.05) is 40.1 Å². The molecule has 7 N–H and O–H groups in total. The summed E-state index contributed by atoms with van der Waals surface area (Å²) < 4.78 is 5.30. The van der Waals surface area contributed by atoms with Crippen LogP contribution in [-0.2, 0) is 15.9 Å². The second-order valence-electron chi connectivity index (χ2n) is 12.9. The third-order valence-electron chi connectivity index (χ3n) is 8.21. The van der Waals surface area contributed by atoms with Crippen molar-refractivity contribution < 1.29 is 19.7 Å². The first-order chi connectivity index (χ1) is 24.3. The van der Waals surface area contributed by atoms with Crippen LogP contribution in [0.1, 0.15) is 43.0 Å². The number of nitrogens with zero attached hydrogens (tertiary/aromatic N) is 2. The molecule has 1 amide bonds. The average Bonchev–Trinajstić information content (AvgIpc) is 3.87. The standard InChI is InChI=1S/C22H24ClN3O3.C17H16ClN3O/c1-21(2,3)29-20(27)24-14-22(28,18-8-10-19(23)11-9-18)17-6-4-15(5-7-17)16-12-25-26-13-16;18-16-7-5-15(6-8-16)17(22,11-19)14-3-1-12(2-4-14)13-9-20-21-10-13/h4-13,28H,14H2,1-3H3,(H,24,27)(H,25,26);1-10,22H,11,19H2,(H,20,21). The number of aromatic amines is 2. The fourth-order valence-corrected chi connectivity index (χ4v) is 5.68. The van der Waals surface area contributed by atoms with E-state index in [4.69, 9.17) is 33.7 Å². The number of hydrogen-bond acceptors (Lipinski definition) is 7. The van der Waals surface area contributed by atoms with Crippen molar-refractivity contribution in [3.05, 3.63) is 154 Å². The minimum absolute atomic E-state index is 0.0609. The maximum atomic E-state index is 12.2. The molecule has 0 bridgehead atoms. The highest BCUT2D eigenvalue weighted by Gasteiger charge is 2.33. The van der Waals surface area contributed by atoms with E-state index in [0.717, 1.165) is 33.4 Å². The fraction of sp³-hybridized carbons (Fsp3) is 0.205. The van der Waals surface area contributed by atoms with Crippen molar-refractivity contribution in [3.63, 3.8) is 0 Å². The Hall–Kier alpha value is -4.97. The van der Waals surface area contributed by atoms with Crippen LogP contribution in [0, 0.1) is 0 Å². The highest BCUT2D eigenvalue weighted by Crippen LogP contribution is 2.33. The van der Waals surface area contributed by atoms with Crippen LogP contribution in [0.2, 0.25) is 10.0 Å². The summed E-state index contributed by atoms with van der Waals surface area (Å²) in [6.07, 6.45) is 6.50. The number of benzene rings is 4. The number of ether oxygens (including phenoxy) is 1. The van der Waals surface area contributed by atoms with Crippen molar-refractivity contribution in [1.82, 2.24) is 25.7 Å². The molecule has 0 fully saturated rings. The van der Waals surface area contributed by atoms with Gasteiger partial charge in [0.05, 0.1) is 18.9 Å². The van der Waals surface area contributed by atoms with E-state index in [1.165, 1.54) is 0 Å². The van der Waals surface area contributed by atoms with Crippen molar-refractivity contribution >= 4 is 29.3 Å². The first-order valence-electron chi connectivity index (χ1n) is 16.1. The van der Waals surface area contributed by atoms with Crippen molar-refractivity contribution in [3.8, 4) is 22.3 Å². The largest absolute Gasteiger partial charge is 0.444 e. The molecule has 0 saturated carbocycles. The van der Waals surface area contributed by atoms with Gasteiger partial charge >= 0.3 is 6.09 Å². The monoisotopic (exact) mass is 726 g/mol. The summed E-state index contributed by atoms with van der Waals surface area (Å²) in [5, 5.41) is 39.9. The van der Waals surface area contributed by atoms with Gasteiger partial charge in [-0.1, -0.05) is 96.0 Å². The summed E-state index contributed by atoms with van der Waals surface area (Å²) in [5.74, 6) is 0. The van der Waals surface area contributed by atoms with Crippen LogP contribution in [-0.4, -0.2) is 55.4 Å². The van der Waals surface area contributed by atoms with E-state index in [1.54, 1.807) is 87.9 Å². The Balaban J connectivity index is 0.000000205. The molecule has 264 valence electrons. The van der Waals surface area contributed by atoms with E-state index in [0.29, 0.717) is 21.2 Å². The second kappa shape index (κ2) is 15.9. The minimum Gasteiger partial charge on any atom is -0.444 e. The lowest BCUT2D eigenvalue weighted by atomic mass is 9.85. The molecule has 6 aromatic rings. The van der Waals surface area contributed by atoms with Crippen molar-refractivity contribution in [2.24, 2.45) is 5.73 Å². The van der Waals surface area contributed by atoms with Crippen LogP contribution in [0.4, 0.5) is 4.79 Å². The fourth-order valence-electron chi connectivity index (χ4n) is 5.43. The van der Waals surface area contributed by atoms with E-state index in [2.05, 4.69) is 25.7 Å². The van der Waals surface area contributed by atoms with Gasteiger partial charge in [0.15, 0.2) is 0 Å². The molecule has 4 aromatic carbocycles. The van der Waals surface area contributed by atoms with Gasteiger partial charge in [-0.3, -0.25) is 10.2 Å². The molecule has 0 spiro atoms. The molecule has 2 aromatic heterocycles. The number of aliphatic hydroxyl groups is 2. The number of aromatic nitrogens is 4. The Morgan fingerprint density at radius 1 is 0.667 bits per heavy atom. The van der Waals surface area contributed by atoms with Crippen LogP contribution in [0.3, 0.4) is 0 Å². The Kier molecular flexibility index (Phi) is 11.6. The summed E-state index contributed by atoms with van der Waals surface area (Å²) in [6.45, 7) is 5.37. The van der Waals surface area contributed by atoms with Crippen molar-refractivity contribution in [2.45, 2.75) is 37.6 Å². The molecule has 0 aliphatic carbocycles. The molecule has 12 heteroatoms. The normalized spacial score (nSPS) is 13.6. The molecule has 2 heterocycles. The van der Waals surface area contributed by atoms with Crippen LogP contribution in [0.15, 0.2) is 122 Å². The lowest BCUT2D eigenvalue weighted by molar-refractivity contribution is 0.0393. The maximum absolute atomic E-state index is 12.2. The summed E-state index contributed by atoms with van der Waals surface area (Å²) in [4.78, 5) is 12.2. The Morgan fingerprint density at radius 2 is 1.04 bits per heavy atom.